The van der Waals surface area contributed by atoms with Gasteiger partial charge in [-0.25, -0.2) is 4.79 Å². The normalized spacial score (nSPS) is 22.6. The zero-order valence-corrected chi connectivity index (χ0v) is 20.2. The lowest BCUT2D eigenvalue weighted by molar-refractivity contribution is -0.134. The number of anilines is 1. The minimum Gasteiger partial charge on any atom is -0.449 e. The van der Waals surface area contributed by atoms with Crippen LogP contribution in [0, 0.1) is 5.92 Å². The number of unbranched alkanes of at least 4 members (excludes halogenated alkanes) is 1. The molecule has 3 saturated heterocycles. The Hall–Kier alpha value is -2.68. The van der Waals surface area contributed by atoms with Gasteiger partial charge in [0.05, 0.1) is 30.1 Å². The largest absolute Gasteiger partial charge is 0.449 e. The summed E-state index contributed by atoms with van der Waals surface area (Å²) in [5.41, 5.74) is 1.80. The molecular formula is C25H37N5O4. The molecule has 186 valence electrons. The van der Waals surface area contributed by atoms with Crippen LogP contribution in [0.3, 0.4) is 0 Å². The third-order valence-electron chi connectivity index (χ3n) is 7.22. The number of pyridine rings is 1. The van der Waals surface area contributed by atoms with Crippen molar-refractivity contribution >= 4 is 23.6 Å². The Morgan fingerprint density at radius 2 is 1.85 bits per heavy atom. The van der Waals surface area contributed by atoms with Crippen LogP contribution >= 0.6 is 0 Å². The average molecular weight is 472 g/mol. The van der Waals surface area contributed by atoms with Gasteiger partial charge in [0.15, 0.2) is 0 Å². The molecule has 1 aromatic rings. The molecule has 0 aliphatic carbocycles. The van der Waals surface area contributed by atoms with E-state index in [1.54, 1.807) is 0 Å². The van der Waals surface area contributed by atoms with Gasteiger partial charge < -0.3 is 14.5 Å². The van der Waals surface area contributed by atoms with Gasteiger partial charge >= 0.3 is 6.09 Å². The van der Waals surface area contributed by atoms with E-state index in [-0.39, 0.29) is 23.8 Å². The first-order valence-corrected chi connectivity index (χ1v) is 12.7. The third-order valence-corrected chi connectivity index (χ3v) is 7.22. The molecule has 1 atom stereocenters. The fraction of sp³-hybridized carbons (Fsp3) is 0.680. The minimum absolute atomic E-state index is 0.155. The van der Waals surface area contributed by atoms with Gasteiger partial charge in [-0.2, -0.15) is 0 Å². The number of ether oxygens (including phenoxy) is 1. The second kappa shape index (κ2) is 11.6. The average Bonchev–Trinajstić information content (AvgIpc) is 2.85. The maximum atomic E-state index is 12.1. The van der Waals surface area contributed by atoms with Crippen molar-refractivity contribution < 1.29 is 19.1 Å². The molecular weight excluding hydrogens is 434 g/mol. The zero-order chi connectivity index (χ0) is 23.9. The predicted molar refractivity (Wildman–Crippen MR) is 129 cm³/mol. The topological polar surface area (TPSA) is 95.1 Å². The van der Waals surface area contributed by atoms with Crippen LogP contribution in [0.2, 0.25) is 0 Å². The summed E-state index contributed by atoms with van der Waals surface area (Å²) in [6, 6.07) is 3.96. The highest BCUT2D eigenvalue weighted by Crippen LogP contribution is 2.26. The quantitative estimate of drug-likeness (QED) is 0.482. The van der Waals surface area contributed by atoms with Crippen molar-refractivity contribution in [1.82, 2.24) is 20.1 Å². The number of nitrogens with one attached hydrogen (secondary N) is 1. The molecule has 34 heavy (non-hydrogen) atoms. The van der Waals surface area contributed by atoms with E-state index in [4.69, 9.17) is 4.74 Å². The fourth-order valence-corrected chi connectivity index (χ4v) is 5.01. The number of piperidine rings is 2. The van der Waals surface area contributed by atoms with E-state index in [0.29, 0.717) is 25.4 Å². The highest BCUT2D eigenvalue weighted by atomic mass is 16.6. The van der Waals surface area contributed by atoms with E-state index in [0.717, 1.165) is 82.9 Å². The van der Waals surface area contributed by atoms with Crippen LogP contribution in [-0.2, 0) is 14.3 Å². The van der Waals surface area contributed by atoms with Gasteiger partial charge in [-0.05, 0) is 43.7 Å². The first kappa shape index (κ1) is 24.4. The highest BCUT2D eigenvalue weighted by Gasteiger charge is 2.30. The lowest BCUT2D eigenvalue weighted by Gasteiger charge is -2.39. The predicted octanol–water partition coefficient (Wildman–Crippen LogP) is 2.37. The van der Waals surface area contributed by atoms with Crippen molar-refractivity contribution in [2.75, 3.05) is 57.3 Å². The maximum Gasteiger partial charge on any atom is 0.409 e. The smallest absolute Gasteiger partial charge is 0.409 e. The highest BCUT2D eigenvalue weighted by molar-refractivity contribution is 6.00. The summed E-state index contributed by atoms with van der Waals surface area (Å²) in [4.78, 5) is 46.8. The van der Waals surface area contributed by atoms with E-state index in [2.05, 4.69) is 27.0 Å². The molecule has 0 bridgehead atoms. The molecule has 4 heterocycles. The molecule has 9 nitrogen and oxygen atoms in total. The molecule has 0 aromatic carbocycles. The van der Waals surface area contributed by atoms with Crippen molar-refractivity contribution in [1.29, 1.82) is 0 Å². The molecule has 3 aliphatic rings. The Bertz CT molecular complexity index is 845. The van der Waals surface area contributed by atoms with Crippen molar-refractivity contribution in [3.8, 4) is 0 Å². The van der Waals surface area contributed by atoms with Gasteiger partial charge in [0, 0.05) is 52.2 Å². The number of likely N-dealkylation sites (tertiary alicyclic amines) is 1. The first-order valence-electron chi connectivity index (χ1n) is 12.7. The molecule has 3 fully saturated rings. The number of nitrogens with zero attached hydrogens (tertiary/aromatic N) is 4. The molecule has 9 heteroatoms. The monoisotopic (exact) mass is 471 g/mol. The van der Waals surface area contributed by atoms with Crippen LogP contribution in [0.1, 0.15) is 57.1 Å². The molecule has 1 unspecified atom stereocenters. The summed E-state index contributed by atoms with van der Waals surface area (Å²) in [6.07, 6.45) is 6.62. The molecule has 1 aromatic heterocycles. The molecule has 3 amide bonds. The molecule has 4 rings (SSSR count). The number of carbonyl (C=O) groups excluding carboxylic acids is 3. The SMILES string of the molecule is CCCCOC(=O)N1CCC(CN2CCN(c3ccc(C4CCC(=O)NC4=O)nc3)CC2)CC1. The zero-order valence-electron chi connectivity index (χ0n) is 20.2. The van der Waals surface area contributed by atoms with Crippen LogP contribution in [0.5, 0.6) is 0 Å². The van der Waals surface area contributed by atoms with Gasteiger partial charge in [0.1, 0.15) is 0 Å². The third kappa shape index (κ3) is 6.25. The number of hydrogen-bond donors (Lipinski definition) is 1. The molecule has 0 spiro atoms. The van der Waals surface area contributed by atoms with Crippen molar-refractivity contribution in [2.24, 2.45) is 5.92 Å². The summed E-state index contributed by atoms with van der Waals surface area (Å²) in [6.45, 7) is 9.19. The maximum absolute atomic E-state index is 12.1. The Morgan fingerprint density at radius 3 is 2.50 bits per heavy atom. The Labute approximate surface area is 201 Å². The second-order valence-electron chi connectivity index (χ2n) is 9.63. The van der Waals surface area contributed by atoms with Gasteiger partial charge in [-0.1, -0.05) is 13.3 Å². The van der Waals surface area contributed by atoms with Crippen LogP contribution in [0.25, 0.3) is 0 Å². The van der Waals surface area contributed by atoms with E-state index < -0.39 is 0 Å². The Kier molecular flexibility index (Phi) is 8.37. The number of piperazine rings is 1. The van der Waals surface area contributed by atoms with Crippen LogP contribution in [-0.4, -0.2) is 85.1 Å². The standard InChI is InChI=1S/C25H37N5O4/c1-2-3-16-34-25(33)30-10-8-19(9-11-30)18-28-12-14-29(15-13-28)20-4-6-22(26-17-20)21-5-7-23(31)27-24(21)32/h4,6,17,19,21H,2-3,5,7-16,18H2,1H3,(H,27,31,32). The Morgan fingerprint density at radius 1 is 1.09 bits per heavy atom. The molecule has 0 saturated carbocycles. The molecule has 3 aliphatic heterocycles. The van der Waals surface area contributed by atoms with Crippen molar-refractivity contribution in [3.63, 3.8) is 0 Å². The lowest BCUT2D eigenvalue weighted by atomic mass is 9.94. The summed E-state index contributed by atoms with van der Waals surface area (Å²) in [7, 11) is 0. The number of carbonyl (C=O) groups is 3. The number of imide groups is 1. The summed E-state index contributed by atoms with van der Waals surface area (Å²) in [5.74, 6) is -0.163. The van der Waals surface area contributed by atoms with Crippen molar-refractivity contribution in [2.45, 2.75) is 51.4 Å². The van der Waals surface area contributed by atoms with Gasteiger partial charge in [0.25, 0.3) is 0 Å². The van der Waals surface area contributed by atoms with Crippen LogP contribution in [0.4, 0.5) is 10.5 Å². The molecule has 1 N–H and O–H groups in total. The summed E-state index contributed by atoms with van der Waals surface area (Å²) >= 11 is 0. The van der Waals surface area contributed by atoms with Gasteiger partial charge in [-0.3, -0.25) is 24.8 Å². The van der Waals surface area contributed by atoms with E-state index >= 15 is 0 Å². The molecule has 0 radical (unpaired) electrons. The second-order valence-corrected chi connectivity index (χ2v) is 9.63. The number of aromatic nitrogens is 1. The summed E-state index contributed by atoms with van der Waals surface area (Å²) < 4.78 is 5.34. The van der Waals surface area contributed by atoms with Gasteiger partial charge in [-0.15, -0.1) is 0 Å². The fourth-order valence-electron chi connectivity index (χ4n) is 5.01. The number of amides is 3. The first-order chi connectivity index (χ1) is 16.5. The van der Waals surface area contributed by atoms with Gasteiger partial charge in [0.2, 0.25) is 11.8 Å². The Balaban J connectivity index is 1.18. The van der Waals surface area contributed by atoms with E-state index in [1.165, 1.54) is 0 Å². The number of hydrogen-bond acceptors (Lipinski definition) is 7. The minimum atomic E-state index is -0.340. The lowest BCUT2D eigenvalue weighted by Crippen LogP contribution is -2.49. The van der Waals surface area contributed by atoms with E-state index in [9.17, 15) is 14.4 Å². The van der Waals surface area contributed by atoms with Crippen molar-refractivity contribution in [3.05, 3.63) is 24.0 Å². The van der Waals surface area contributed by atoms with Crippen LogP contribution in [0.15, 0.2) is 18.3 Å². The van der Waals surface area contributed by atoms with Crippen LogP contribution < -0.4 is 10.2 Å². The number of rotatable bonds is 7. The van der Waals surface area contributed by atoms with E-state index in [1.807, 2.05) is 23.2 Å². The summed E-state index contributed by atoms with van der Waals surface area (Å²) in [5, 5.41) is 2.40.